The minimum absolute atomic E-state index is 0.0127. The van der Waals surface area contributed by atoms with E-state index in [2.05, 4.69) is 9.97 Å². The number of aliphatic hydroxyl groups is 2. The quantitative estimate of drug-likeness (QED) is 0.0364. The van der Waals surface area contributed by atoms with E-state index in [-0.39, 0.29) is 99.7 Å². The second-order valence-electron chi connectivity index (χ2n) is 17.7. The Labute approximate surface area is 439 Å². The van der Waals surface area contributed by atoms with Gasteiger partial charge in [0.05, 0.1) is 60.5 Å². The van der Waals surface area contributed by atoms with Crippen molar-refractivity contribution in [2.45, 2.75) is 102 Å². The van der Waals surface area contributed by atoms with Gasteiger partial charge in [-0.2, -0.15) is 8.61 Å². The highest BCUT2D eigenvalue weighted by Crippen LogP contribution is 2.29. The monoisotopic (exact) mass is 1110 g/mol. The van der Waals surface area contributed by atoms with Gasteiger partial charge in [-0.15, -0.1) is 0 Å². The summed E-state index contributed by atoms with van der Waals surface area (Å²) in [6.07, 6.45) is -0.623. The topological polar surface area (TPSA) is 351 Å². The van der Waals surface area contributed by atoms with E-state index in [0.29, 0.717) is 0 Å². The molecular weight excluding hydrogens is 1040 g/mol. The number of benzene rings is 2. The van der Waals surface area contributed by atoms with Crippen LogP contribution in [0.25, 0.3) is 0 Å². The molecule has 2 N–H and O–H groups in total. The van der Waals surface area contributed by atoms with Gasteiger partial charge in [0.15, 0.2) is 21.2 Å². The van der Waals surface area contributed by atoms with Crippen LogP contribution in [0.1, 0.15) is 101 Å². The molecule has 0 aliphatic rings. The first-order valence-corrected chi connectivity index (χ1v) is 26.2. The smallest absolute Gasteiger partial charge is 0.357 e. The number of aliphatic hydroxyl groups excluding tert-OH is 2. The van der Waals surface area contributed by atoms with Crippen LogP contribution in [0, 0.1) is 20.2 Å². The molecule has 2 aromatic heterocycles. The van der Waals surface area contributed by atoms with E-state index < -0.39 is 99.4 Å². The van der Waals surface area contributed by atoms with Crippen LogP contribution in [-0.2, 0) is 61.8 Å². The zero-order chi connectivity index (χ0) is 57.0. The van der Waals surface area contributed by atoms with E-state index in [1.54, 1.807) is 55.4 Å². The van der Waals surface area contributed by atoms with E-state index in [4.69, 9.17) is 28.4 Å². The van der Waals surface area contributed by atoms with E-state index >= 15 is 0 Å². The maximum Gasteiger partial charge on any atom is 0.357 e. The summed E-state index contributed by atoms with van der Waals surface area (Å²) in [7, 11) is -8.87. The maximum atomic E-state index is 13.5. The van der Waals surface area contributed by atoms with Gasteiger partial charge in [-0.1, -0.05) is 24.3 Å². The molecule has 28 heteroatoms. The highest BCUT2D eigenvalue weighted by molar-refractivity contribution is 7.89. The van der Waals surface area contributed by atoms with Gasteiger partial charge >= 0.3 is 23.9 Å². The molecule has 2 aromatic carbocycles. The number of carbonyl (C=O) groups excluding carboxylic acids is 4. The number of aromatic nitrogens is 2. The average Bonchev–Trinajstić information content (AvgIpc) is 3.34. The van der Waals surface area contributed by atoms with Crippen molar-refractivity contribution in [2.24, 2.45) is 0 Å². The van der Waals surface area contributed by atoms with E-state index in [9.17, 15) is 66.5 Å². The highest BCUT2D eigenvalue weighted by atomic mass is 32.2. The maximum absolute atomic E-state index is 13.5. The molecular formula is C48H62N6O20S2. The van der Waals surface area contributed by atoms with Gasteiger partial charge in [0.2, 0.25) is 20.0 Å². The summed E-state index contributed by atoms with van der Waals surface area (Å²) in [4.78, 5) is 77.2. The number of hydrogen-bond donors (Lipinski definition) is 2. The lowest BCUT2D eigenvalue weighted by Gasteiger charge is -2.24. The summed E-state index contributed by atoms with van der Waals surface area (Å²) in [5.74, 6) is -2.71. The lowest BCUT2D eigenvalue weighted by molar-refractivity contribution is -0.388. The Bertz CT molecular complexity index is 2850. The molecule has 4 rings (SSSR count). The Morgan fingerprint density at radius 2 is 0.934 bits per heavy atom. The number of esters is 4. The minimum atomic E-state index is -4.49. The van der Waals surface area contributed by atoms with E-state index in [1.807, 2.05) is 0 Å². The largest absolute Gasteiger partial charge is 0.492 e. The number of ether oxygens (including phenoxy) is 6. The fraction of sp³-hybridized carbons (Fsp3) is 0.458. The van der Waals surface area contributed by atoms with Crippen molar-refractivity contribution in [3.63, 3.8) is 0 Å². The van der Waals surface area contributed by atoms with Gasteiger partial charge in [-0.3, -0.25) is 34.8 Å². The fourth-order valence-electron chi connectivity index (χ4n) is 6.45. The summed E-state index contributed by atoms with van der Waals surface area (Å²) in [6, 6.07) is 15.0. The first-order chi connectivity index (χ1) is 35.6. The zero-order valence-electron chi connectivity index (χ0n) is 43.2. The third kappa shape index (κ3) is 19.8. The molecule has 0 bridgehead atoms. The summed E-state index contributed by atoms with van der Waals surface area (Å²) >= 11 is 0. The van der Waals surface area contributed by atoms with Crippen LogP contribution < -0.4 is 9.47 Å². The van der Waals surface area contributed by atoms with Crippen LogP contribution in [0.3, 0.4) is 0 Å². The SMILES string of the molecule is CC(C)(C)OC(=O)CCN(CCOc1cc(CO)nc(CO)c1)S(=O)(=O)c1ccccc1[N+](=O)[O-].CCOC(=O)c1cc(OCCN(CCC(=O)OC(C)(C)C)S(=O)(=O)c2ccccc2[N+](=O)[O-])cc(C(=O)OCC)n1. The summed E-state index contributed by atoms with van der Waals surface area (Å²) in [5.41, 5.74) is -2.77. The van der Waals surface area contributed by atoms with Crippen LogP contribution in [0.5, 0.6) is 11.5 Å². The molecule has 0 aliphatic heterocycles. The molecule has 0 atom stereocenters. The van der Waals surface area contributed by atoms with Crippen LogP contribution in [0.4, 0.5) is 11.4 Å². The van der Waals surface area contributed by atoms with Gasteiger partial charge in [0.25, 0.3) is 11.4 Å². The Morgan fingerprint density at radius 1 is 0.579 bits per heavy atom. The predicted molar refractivity (Wildman–Crippen MR) is 268 cm³/mol. The Kier molecular flexibility index (Phi) is 23.7. The standard InChI is InChI=1S/C26H33N3O11S.C22H29N3O9S/c1-6-37-24(31)19-16-18(17-20(27-19)25(32)38-7-2)39-15-14-28(13-12-23(30)40-26(3,4)5)41(35,36)22-11-9-8-10-21(22)29(33)34;1-22(2,3)34-21(28)8-9-24(35(31,32)20-7-5-4-6-19(20)25(29)30)10-11-33-18-12-16(14-26)23-17(13-18)15-27/h8-11,16-17H,6-7,12-15H2,1-5H3;4-7,12-13,26-27H,8-11,14-15H2,1-3H3. The molecule has 2 heterocycles. The second kappa shape index (κ2) is 28.6. The van der Waals surface area contributed by atoms with Gasteiger partial charge in [-0.25, -0.2) is 31.4 Å². The van der Waals surface area contributed by atoms with Gasteiger partial charge < -0.3 is 38.6 Å². The number of rotatable bonds is 26. The zero-order valence-corrected chi connectivity index (χ0v) is 44.8. The number of nitro benzene ring substituents is 2. The van der Waals surface area contributed by atoms with Gasteiger partial charge in [0, 0.05) is 62.6 Å². The van der Waals surface area contributed by atoms with Crippen molar-refractivity contribution in [1.82, 2.24) is 18.6 Å². The average molecular weight is 1110 g/mol. The van der Waals surface area contributed by atoms with Gasteiger partial charge in [0.1, 0.15) is 35.9 Å². The normalized spacial score (nSPS) is 11.7. The predicted octanol–water partition coefficient (Wildman–Crippen LogP) is 4.92. The minimum Gasteiger partial charge on any atom is -0.492 e. The second-order valence-corrected chi connectivity index (χ2v) is 21.6. The highest BCUT2D eigenvalue weighted by Gasteiger charge is 2.34. The summed E-state index contributed by atoms with van der Waals surface area (Å²) < 4.78 is 87.1. The summed E-state index contributed by atoms with van der Waals surface area (Å²) in [5, 5.41) is 41.6. The number of nitrogens with zero attached hydrogens (tertiary/aromatic N) is 6. The number of carbonyl (C=O) groups is 4. The number of hydrogen-bond acceptors (Lipinski definition) is 22. The fourth-order valence-corrected chi connectivity index (χ4v) is 9.62. The molecule has 0 fully saturated rings. The number of para-hydroxylation sites is 2. The van der Waals surface area contributed by atoms with Crippen LogP contribution in [0.2, 0.25) is 0 Å². The van der Waals surface area contributed by atoms with E-state index in [0.717, 1.165) is 32.9 Å². The Balaban J connectivity index is 0.000000405. The molecule has 76 heavy (non-hydrogen) atoms. The van der Waals surface area contributed by atoms with Crippen LogP contribution in [0.15, 0.2) is 82.6 Å². The molecule has 0 saturated heterocycles. The molecule has 0 amide bonds. The number of nitro groups is 2. The van der Waals surface area contributed by atoms with Crippen molar-refractivity contribution in [1.29, 1.82) is 0 Å². The Hall–Kier alpha value is -7.24. The van der Waals surface area contributed by atoms with Crippen LogP contribution in [-0.4, -0.2) is 143 Å². The van der Waals surface area contributed by atoms with Gasteiger partial charge in [-0.05, 0) is 67.5 Å². The first-order valence-electron chi connectivity index (χ1n) is 23.3. The number of pyridine rings is 2. The number of sulfonamides is 2. The molecule has 0 spiro atoms. The molecule has 0 radical (unpaired) electrons. The lowest BCUT2D eigenvalue weighted by atomic mass is 10.2. The van der Waals surface area contributed by atoms with Crippen LogP contribution >= 0.6 is 0 Å². The van der Waals surface area contributed by atoms with Crippen molar-refractivity contribution in [3.8, 4) is 11.5 Å². The lowest BCUT2D eigenvalue weighted by Crippen LogP contribution is -2.37. The van der Waals surface area contributed by atoms with Crippen molar-refractivity contribution in [2.75, 3.05) is 52.6 Å². The third-order valence-corrected chi connectivity index (χ3v) is 13.4. The summed E-state index contributed by atoms with van der Waals surface area (Å²) in [6.45, 7) is 10.7. The first kappa shape index (κ1) is 63.1. The third-order valence-electron chi connectivity index (χ3n) is 9.55. The Morgan fingerprint density at radius 3 is 1.26 bits per heavy atom. The molecule has 0 aliphatic carbocycles. The molecule has 0 saturated carbocycles. The molecule has 26 nitrogen and oxygen atoms in total. The van der Waals surface area contributed by atoms with E-state index in [1.165, 1.54) is 48.5 Å². The van der Waals surface area contributed by atoms with Crippen molar-refractivity contribution < 1.29 is 84.5 Å². The molecule has 4 aromatic rings. The van der Waals surface area contributed by atoms with Crippen molar-refractivity contribution in [3.05, 3.63) is 116 Å². The molecule has 416 valence electrons. The van der Waals surface area contributed by atoms with Crippen molar-refractivity contribution >= 4 is 55.3 Å². The molecule has 0 unspecified atom stereocenters.